The Labute approximate surface area is 119 Å². The molecule has 1 saturated heterocycles. The van der Waals surface area contributed by atoms with E-state index in [2.05, 4.69) is 26.3 Å². The Hall–Kier alpha value is -1.59. The smallest absolute Gasteiger partial charge is 0.139 e. The number of hydrogen-bond donors (Lipinski definition) is 3. The van der Waals surface area contributed by atoms with Crippen LogP contribution in [0.15, 0.2) is 24.4 Å². The van der Waals surface area contributed by atoms with E-state index in [0.29, 0.717) is 6.04 Å². The lowest BCUT2D eigenvalue weighted by Crippen LogP contribution is -2.44. The number of rotatable bonds is 5. The van der Waals surface area contributed by atoms with Gasteiger partial charge in [0, 0.05) is 30.7 Å². The van der Waals surface area contributed by atoms with E-state index in [1.165, 1.54) is 12.8 Å². The van der Waals surface area contributed by atoms with E-state index < -0.39 is 0 Å². The predicted octanol–water partition coefficient (Wildman–Crippen LogP) is 1.82. The van der Waals surface area contributed by atoms with Crippen molar-refractivity contribution in [2.45, 2.75) is 25.3 Å². The SMILES string of the molecule is OC[C@H]1CCCCN1CCNc1ccc2cc[nH]c2n1. The Morgan fingerprint density at radius 3 is 3.20 bits per heavy atom. The van der Waals surface area contributed by atoms with Gasteiger partial charge >= 0.3 is 0 Å². The summed E-state index contributed by atoms with van der Waals surface area (Å²) >= 11 is 0. The number of likely N-dealkylation sites (tertiary alicyclic amines) is 1. The van der Waals surface area contributed by atoms with Gasteiger partial charge in [0.1, 0.15) is 11.5 Å². The summed E-state index contributed by atoms with van der Waals surface area (Å²) in [5, 5.41) is 13.9. The van der Waals surface area contributed by atoms with Crippen molar-refractivity contribution in [2.24, 2.45) is 0 Å². The highest BCUT2D eigenvalue weighted by Crippen LogP contribution is 2.16. The molecule has 2 aromatic rings. The minimum atomic E-state index is 0.271. The molecule has 2 aromatic heterocycles. The fourth-order valence-electron chi connectivity index (χ4n) is 2.92. The van der Waals surface area contributed by atoms with Crippen molar-refractivity contribution in [2.75, 3.05) is 31.6 Å². The summed E-state index contributed by atoms with van der Waals surface area (Å²) in [6.45, 7) is 3.17. The van der Waals surface area contributed by atoms with E-state index in [4.69, 9.17) is 0 Å². The fourth-order valence-corrected chi connectivity index (χ4v) is 2.92. The summed E-state index contributed by atoms with van der Waals surface area (Å²) in [6, 6.07) is 6.43. The van der Waals surface area contributed by atoms with Crippen molar-refractivity contribution < 1.29 is 5.11 Å². The molecule has 3 heterocycles. The van der Waals surface area contributed by atoms with Crippen molar-refractivity contribution in [3.8, 4) is 0 Å². The molecular weight excluding hydrogens is 252 g/mol. The summed E-state index contributed by atoms with van der Waals surface area (Å²) in [7, 11) is 0. The summed E-state index contributed by atoms with van der Waals surface area (Å²) in [4.78, 5) is 10.0. The van der Waals surface area contributed by atoms with E-state index in [-0.39, 0.29) is 6.61 Å². The highest BCUT2D eigenvalue weighted by molar-refractivity contribution is 5.77. The van der Waals surface area contributed by atoms with E-state index >= 15 is 0 Å². The third-order valence-electron chi connectivity index (χ3n) is 4.07. The minimum absolute atomic E-state index is 0.271. The molecule has 3 N–H and O–H groups in total. The Kier molecular flexibility index (Phi) is 4.18. The van der Waals surface area contributed by atoms with Crippen LogP contribution in [-0.4, -0.2) is 52.3 Å². The van der Waals surface area contributed by atoms with Gasteiger partial charge in [-0.2, -0.15) is 0 Å². The zero-order valence-electron chi connectivity index (χ0n) is 11.7. The zero-order valence-corrected chi connectivity index (χ0v) is 11.7. The lowest BCUT2D eigenvalue weighted by atomic mass is 10.0. The van der Waals surface area contributed by atoms with Gasteiger partial charge in [0.05, 0.1) is 6.61 Å². The summed E-state index contributed by atoms with van der Waals surface area (Å²) < 4.78 is 0. The molecular formula is C15H22N4O. The van der Waals surface area contributed by atoms with Gasteiger partial charge in [-0.25, -0.2) is 4.98 Å². The third kappa shape index (κ3) is 2.94. The fraction of sp³-hybridized carbons (Fsp3) is 0.533. The summed E-state index contributed by atoms with van der Waals surface area (Å²) in [5.74, 6) is 0.900. The Morgan fingerprint density at radius 1 is 1.35 bits per heavy atom. The average molecular weight is 274 g/mol. The zero-order chi connectivity index (χ0) is 13.8. The molecule has 5 heteroatoms. The highest BCUT2D eigenvalue weighted by atomic mass is 16.3. The van der Waals surface area contributed by atoms with Crippen LogP contribution in [0.1, 0.15) is 19.3 Å². The predicted molar refractivity (Wildman–Crippen MR) is 80.9 cm³/mol. The van der Waals surface area contributed by atoms with Crippen LogP contribution in [0.5, 0.6) is 0 Å². The van der Waals surface area contributed by atoms with E-state index in [0.717, 1.165) is 42.9 Å². The quantitative estimate of drug-likeness (QED) is 0.778. The van der Waals surface area contributed by atoms with Crippen LogP contribution in [0, 0.1) is 0 Å². The normalized spacial score (nSPS) is 20.4. The molecule has 0 bridgehead atoms. The van der Waals surface area contributed by atoms with Crippen LogP contribution in [-0.2, 0) is 0 Å². The van der Waals surface area contributed by atoms with Crippen molar-refractivity contribution >= 4 is 16.9 Å². The number of nitrogens with one attached hydrogen (secondary N) is 2. The molecule has 3 rings (SSSR count). The number of hydrogen-bond acceptors (Lipinski definition) is 4. The van der Waals surface area contributed by atoms with Crippen molar-refractivity contribution in [1.82, 2.24) is 14.9 Å². The van der Waals surface area contributed by atoms with Crippen molar-refractivity contribution in [3.05, 3.63) is 24.4 Å². The van der Waals surface area contributed by atoms with Crippen LogP contribution >= 0.6 is 0 Å². The molecule has 0 amide bonds. The first kappa shape index (κ1) is 13.4. The van der Waals surface area contributed by atoms with Crippen molar-refractivity contribution in [3.63, 3.8) is 0 Å². The van der Waals surface area contributed by atoms with Crippen LogP contribution < -0.4 is 5.32 Å². The second-order valence-corrected chi connectivity index (χ2v) is 5.41. The second-order valence-electron chi connectivity index (χ2n) is 5.41. The van der Waals surface area contributed by atoms with Gasteiger partial charge in [0.2, 0.25) is 0 Å². The number of aliphatic hydroxyl groups is 1. The van der Waals surface area contributed by atoms with Crippen LogP contribution in [0.25, 0.3) is 11.0 Å². The number of H-pyrrole nitrogens is 1. The number of aromatic nitrogens is 2. The lowest BCUT2D eigenvalue weighted by Gasteiger charge is -2.34. The number of aliphatic hydroxyl groups excluding tert-OH is 1. The number of anilines is 1. The van der Waals surface area contributed by atoms with Gasteiger partial charge in [0.15, 0.2) is 0 Å². The monoisotopic (exact) mass is 274 g/mol. The molecule has 20 heavy (non-hydrogen) atoms. The maximum Gasteiger partial charge on any atom is 0.139 e. The van der Waals surface area contributed by atoms with Gasteiger partial charge < -0.3 is 15.4 Å². The standard InChI is InChI=1S/C15H22N4O/c20-11-13-3-1-2-9-19(13)10-8-16-14-5-4-12-6-7-17-15(12)18-14/h4-7,13,20H,1-3,8-11H2,(H2,16,17,18)/t13-/m1/s1. The first-order valence-electron chi connectivity index (χ1n) is 7.40. The van der Waals surface area contributed by atoms with Crippen LogP contribution in [0.3, 0.4) is 0 Å². The van der Waals surface area contributed by atoms with E-state index in [9.17, 15) is 5.11 Å². The molecule has 0 aliphatic carbocycles. The molecule has 0 aromatic carbocycles. The van der Waals surface area contributed by atoms with Gasteiger partial charge in [-0.3, -0.25) is 4.90 Å². The number of pyridine rings is 1. The number of nitrogens with zero attached hydrogens (tertiary/aromatic N) is 2. The molecule has 1 atom stereocenters. The topological polar surface area (TPSA) is 64.2 Å². The number of aromatic amines is 1. The van der Waals surface area contributed by atoms with Crippen molar-refractivity contribution in [1.29, 1.82) is 0 Å². The van der Waals surface area contributed by atoms with Gasteiger partial charge in [-0.15, -0.1) is 0 Å². The molecule has 1 fully saturated rings. The van der Waals surface area contributed by atoms with Crippen LogP contribution in [0.4, 0.5) is 5.82 Å². The number of piperidine rings is 1. The molecule has 1 aliphatic rings. The highest BCUT2D eigenvalue weighted by Gasteiger charge is 2.20. The molecule has 108 valence electrons. The third-order valence-corrected chi connectivity index (χ3v) is 4.07. The summed E-state index contributed by atoms with van der Waals surface area (Å²) in [5.41, 5.74) is 0.918. The largest absolute Gasteiger partial charge is 0.395 e. The van der Waals surface area contributed by atoms with Crippen LogP contribution in [0.2, 0.25) is 0 Å². The molecule has 0 unspecified atom stereocenters. The maximum atomic E-state index is 9.39. The molecule has 5 nitrogen and oxygen atoms in total. The summed E-state index contributed by atoms with van der Waals surface area (Å²) in [6.07, 6.45) is 5.49. The van der Waals surface area contributed by atoms with E-state index in [1.807, 2.05) is 18.3 Å². The molecule has 1 aliphatic heterocycles. The Morgan fingerprint density at radius 2 is 2.30 bits per heavy atom. The maximum absolute atomic E-state index is 9.39. The Bertz CT molecular complexity index is 554. The van der Waals surface area contributed by atoms with Gasteiger partial charge in [-0.05, 0) is 37.6 Å². The lowest BCUT2D eigenvalue weighted by molar-refractivity contribution is 0.0940. The van der Waals surface area contributed by atoms with E-state index in [1.54, 1.807) is 0 Å². The first-order chi connectivity index (χ1) is 9.86. The molecule has 0 saturated carbocycles. The second kappa shape index (κ2) is 6.24. The van der Waals surface area contributed by atoms with Gasteiger partial charge in [-0.1, -0.05) is 6.42 Å². The van der Waals surface area contributed by atoms with Gasteiger partial charge in [0.25, 0.3) is 0 Å². The molecule has 0 spiro atoms. The minimum Gasteiger partial charge on any atom is -0.395 e. The average Bonchev–Trinajstić information content (AvgIpc) is 2.95. The molecule has 0 radical (unpaired) electrons. The first-order valence-corrected chi connectivity index (χ1v) is 7.40. The number of fused-ring (bicyclic) bond motifs is 1. The Balaban J connectivity index is 1.53.